The van der Waals surface area contributed by atoms with Crippen LogP contribution < -0.4 is 11.3 Å². The van der Waals surface area contributed by atoms with Crippen LogP contribution in [0.2, 0.25) is 0 Å². The molecule has 2 aromatic carbocycles. The van der Waals surface area contributed by atoms with Crippen LogP contribution >= 0.6 is 0 Å². The van der Waals surface area contributed by atoms with Crippen molar-refractivity contribution >= 4 is 10.9 Å². The van der Waals surface area contributed by atoms with E-state index in [0.29, 0.717) is 5.56 Å². The third-order valence-corrected chi connectivity index (χ3v) is 3.61. The van der Waals surface area contributed by atoms with Crippen molar-refractivity contribution in [2.75, 3.05) is 0 Å². The molecule has 3 N–H and O–H groups in total. The molecule has 106 valence electrons. The Hall–Kier alpha value is -2.30. The summed E-state index contributed by atoms with van der Waals surface area (Å²) in [6, 6.07) is 16.5. The van der Waals surface area contributed by atoms with Crippen molar-refractivity contribution < 1.29 is 4.39 Å². The Labute approximate surface area is 122 Å². The van der Waals surface area contributed by atoms with Gasteiger partial charge in [0.15, 0.2) is 0 Å². The van der Waals surface area contributed by atoms with Gasteiger partial charge in [-0.05, 0) is 36.2 Å². The molecule has 3 rings (SSSR count). The molecular formula is C17H16FN3. The molecular weight excluding hydrogens is 265 g/mol. The van der Waals surface area contributed by atoms with E-state index >= 15 is 0 Å². The van der Waals surface area contributed by atoms with Crippen LogP contribution in [-0.2, 0) is 0 Å². The lowest BCUT2D eigenvalue weighted by Gasteiger charge is -2.17. The van der Waals surface area contributed by atoms with E-state index in [0.717, 1.165) is 22.2 Å². The number of nitrogens with zero attached hydrogens (tertiary/aromatic N) is 1. The van der Waals surface area contributed by atoms with E-state index in [1.54, 1.807) is 13.0 Å². The molecule has 3 aromatic rings. The minimum Gasteiger partial charge on any atom is -0.271 e. The van der Waals surface area contributed by atoms with Gasteiger partial charge in [-0.3, -0.25) is 10.8 Å². The van der Waals surface area contributed by atoms with Crippen molar-refractivity contribution in [1.29, 1.82) is 0 Å². The first kappa shape index (κ1) is 13.7. The van der Waals surface area contributed by atoms with Crippen molar-refractivity contribution in [2.24, 2.45) is 5.84 Å². The number of aryl methyl sites for hydroxylation is 1. The monoisotopic (exact) mass is 281 g/mol. The lowest BCUT2D eigenvalue weighted by Crippen LogP contribution is -2.29. The zero-order valence-corrected chi connectivity index (χ0v) is 11.7. The molecule has 0 amide bonds. The number of para-hydroxylation sites is 1. The van der Waals surface area contributed by atoms with Crippen LogP contribution in [0.3, 0.4) is 0 Å². The molecule has 0 saturated carbocycles. The van der Waals surface area contributed by atoms with E-state index in [9.17, 15) is 4.39 Å². The molecule has 0 spiro atoms. The van der Waals surface area contributed by atoms with Gasteiger partial charge in [0.2, 0.25) is 0 Å². The predicted molar refractivity (Wildman–Crippen MR) is 82.0 cm³/mol. The minimum atomic E-state index is -0.343. The molecule has 0 saturated heterocycles. The Kier molecular flexibility index (Phi) is 3.64. The zero-order chi connectivity index (χ0) is 14.8. The molecule has 4 heteroatoms. The lowest BCUT2D eigenvalue weighted by atomic mass is 10.0. The fraction of sp³-hybridized carbons (Fsp3) is 0.118. The molecule has 1 aromatic heterocycles. The van der Waals surface area contributed by atoms with Gasteiger partial charge in [0, 0.05) is 5.39 Å². The molecule has 0 aliphatic carbocycles. The van der Waals surface area contributed by atoms with Gasteiger partial charge >= 0.3 is 0 Å². The number of halogens is 1. The van der Waals surface area contributed by atoms with Gasteiger partial charge in [-0.15, -0.1) is 0 Å². The van der Waals surface area contributed by atoms with Crippen LogP contribution in [0, 0.1) is 12.7 Å². The summed E-state index contributed by atoms with van der Waals surface area (Å²) in [6.07, 6.45) is 0. The first-order valence-electron chi connectivity index (χ1n) is 6.77. The normalized spacial score (nSPS) is 12.5. The summed E-state index contributed by atoms with van der Waals surface area (Å²) in [4.78, 5) is 4.61. The summed E-state index contributed by atoms with van der Waals surface area (Å²) >= 11 is 0. The Bertz CT molecular complexity index is 786. The van der Waals surface area contributed by atoms with Gasteiger partial charge in [0.1, 0.15) is 5.82 Å². The Morgan fingerprint density at radius 3 is 2.67 bits per heavy atom. The fourth-order valence-electron chi connectivity index (χ4n) is 2.38. The van der Waals surface area contributed by atoms with E-state index < -0.39 is 0 Å². The molecule has 0 radical (unpaired) electrons. The van der Waals surface area contributed by atoms with Gasteiger partial charge in [0.25, 0.3) is 0 Å². The summed E-state index contributed by atoms with van der Waals surface area (Å²) in [6.45, 7) is 1.73. The molecule has 1 atom stereocenters. The first-order valence-corrected chi connectivity index (χ1v) is 6.77. The fourth-order valence-corrected chi connectivity index (χ4v) is 2.38. The van der Waals surface area contributed by atoms with Crippen molar-refractivity contribution in [3.05, 3.63) is 77.2 Å². The van der Waals surface area contributed by atoms with Crippen LogP contribution in [0.5, 0.6) is 0 Å². The molecule has 0 aliphatic heterocycles. The number of hydrazine groups is 1. The third-order valence-electron chi connectivity index (χ3n) is 3.61. The van der Waals surface area contributed by atoms with Crippen LogP contribution in [0.25, 0.3) is 10.9 Å². The number of benzene rings is 2. The number of rotatable bonds is 3. The second kappa shape index (κ2) is 5.60. The van der Waals surface area contributed by atoms with Gasteiger partial charge in [-0.2, -0.15) is 0 Å². The standard InChI is InChI=1S/C17H16FN3/c1-11-6-7-13(10-14(11)18)17(21-19)16-9-8-12-4-2-3-5-15(12)20-16/h2-10,17,21H,19H2,1H3. The highest BCUT2D eigenvalue weighted by Crippen LogP contribution is 2.23. The highest BCUT2D eigenvalue weighted by molar-refractivity contribution is 5.78. The van der Waals surface area contributed by atoms with E-state index in [1.807, 2.05) is 42.5 Å². The quantitative estimate of drug-likeness (QED) is 0.572. The largest absolute Gasteiger partial charge is 0.271 e. The summed E-state index contributed by atoms with van der Waals surface area (Å²) in [5.74, 6) is 5.41. The topological polar surface area (TPSA) is 50.9 Å². The summed E-state index contributed by atoms with van der Waals surface area (Å²) < 4.78 is 13.8. The highest BCUT2D eigenvalue weighted by atomic mass is 19.1. The number of hydrogen-bond acceptors (Lipinski definition) is 3. The number of aromatic nitrogens is 1. The van der Waals surface area contributed by atoms with Gasteiger partial charge in [-0.25, -0.2) is 9.82 Å². The number of hydrogen-bond donors (Lipinski definition) is 2. The van der Waals surface area contributed by atoms with E-state index in [2.05, 4.69) is 10.4 Å². The van der Waals surface area contributed by atoms with Crippen molar-refractivity contribution in [3.63, 3.8) is 0 Å². The minimum absolute atomic E-state index is 0.242. The average Bonchev–Trinajstić information content (AvgIpc) is 2.51. The van der Waals surface area contributed by atoms with Gasteiger partial charge in [0.05, 0.1) is 17.3 Å². The molecule has 0 aliphatic rings. The van der Waals surface area contributed by atoms with Crippen molar-refractivity contribution in [1.82, 2.24) is 10.4 Å². The van der Waals surface area contributed by atoms with Crippen molar-refractivity contribution in [2.45, 2.75) is 13.0 Å². The average molecular weight is 281 g/mol. The molecule has 1 unspecified atom stereocenters. The van der Waals surface area contributed by atoms with Gasteiger partial charge < -0.3 is 0 Å². The van der Waals surface area contributed by atoms with Crippen molar-refractivity contribution in [3.8, 4) is 0 Å². The SMILES string of the molecule is Cc1ccc(C(NN)c2ccc3ccccc3n2)cc1F. The van der Waals surface area contributed by atoms with Crippen LogP contribution in [-0.4, -0.2) is 4.98 Å². The number of nitrogens with one attached hydrogen (secondary N) is 1. The number of nitrogens with two attached hydrogens (primary N) is 1. The van der Waals surface area contributed by atoms with E-state index in [1.165, 1.54) is 6.07 Å². The second-order valence-electron chi connectivity index (χ2n) is 5.04. The third kappa shape index (κ3) is 2.63. The number of pyridine rings is 1. The first-order chi connectivity index (χ1) is 10.2. The molecule has 1 heterocycles. The highest BCUT2D eigenvalue weighted by Gasteiger charge is 2.15. The predicted octanol–water partition coefficient (Wildman–Crippen LogP) is 3.24. The Balaban J connectivity index is 2.06. The summed E-state index contributed by atoms with van der Waals surface area (Å²) in [7, 11) is 0. The zero-order valence-electron chi connectivity index (χ0n) is 11.7. The van der Waals surface area contributed by atoms with E-state index in [4.69, 9.17) is 5.84 Å². The smallest absolute Gasteiger partial charge is 0.126 e. The molecule has 0 bridgehead atoms. The maximum absolute atomic E-state index is 13.8. The van der Waals surface area contributed by atoms with E-state index in [-0.39, 0.29) is 11.9 Å². The molecule has 21 heavy (non-hydrogen) atoms. The number of fused-ring (bicyclic) bond motifs is 1. The Morgan fingerprint density at radius 1 is 1.10 bits per heavy atom. The maximum Gasteiger partial charge on any atom is 0.126 e. The Morgan fingerprint density at radius 2 is 1.90 bits per heavy atom. The summed E-state index contributed by atoms with van der Waals surface area (Å²) in [5, 5.41) is 1.06. The molecule has 3 nitrogen and oxygen atoms in total. The summed E-state index contributed by atoms with van der Waals surface area (Å²) in [5.41, 5.74) is 5.74. The van der Waals surface area contributed by atoms with Gasteiger partial charge in [-0.1, -0.05) is 36.4 Å². The second-order valence-corrected chi connectivity index (χ2v) is 5.04. The van der Waals surface area contributed by atoms with Crippen LogP contribution in [0.1, 0.15) is 22.9 Å². The molecule has 0 fully saturated rings. The lowest BCUT2D eigenvalue weighted by molar-refractivity contribution is 0.594. The van der Waals surface area contributed by atoms with Crippen LogP contribution in [0.4, 0.5) is 4.39 Å². The van der Waals surface area contributed by atoms with Crippen LogP contribution in [0.15, 0.2) is 54.6 Å². The maximum atomic E-state index is 13.8.